The van der Waals surface area contributed by atoms with E-state index in [4.69, 9.17) is 4.74 Å². The maximum Gasteiger partial charge on any atom is 0.260 e. The van der Waals surface area contributed by atoms with Crippen molar-refractivity contribution in [2.24, 2.45) is 0 Å². The highest BCUT2D eigenvalue weighted by molar-refractivity contribution is 5.81. The second-order valence-electron chi connectivity index (χ2n) is 5.77. The van der Waals surface area contributed by atoms with Gasteiger partial charge in [0, 0.05) is 6.04 Å². The smallest absolute Gasteiger partial charge is 0.260 e. The molecule has 0 unspecified atom stereocenters. The van der Waals surface area contributed by atoms with Crippen LogP contribution in [0.4, 0.5) is 0 Å². The molecular formula is C17H27NO2. The van der Waals surface area contributed by atoms with Gasteiger partial charge in [-0.05, 0) is 50.3 Å². The van der Waals surface area contributed by atoms with E-state index in [2.05, 4.69) is 31.3 Å². The Balaban J connectivity index is 2.81. The van der Waals surface area contributed by atoms with E-state index >= 15 is 0 Å². The lowest BCUT2D eigenvalue weighted by Crippen LogP contribution is -2.41. The summed E-state index contributed by atoms with van der Waals surface area (Å²) in [6.45, 7) is 12.1. The zero-order valence-electron chi connectivity index (χ0n) is 13.5. The van der Waals surface area contributed by atoms with Crippen LogP contribution in [-0.2, 0) is 4.79 Å². The zero-order chi connectivity index (χ0) is 15.3. The fourth-order valence-electron chi connectivity index (χ4n) is 1.93. The Morgan fingerprint density at radius 3 is 2.45 bits per heavy atom. The first-order valence-corrected chi connectivity index (χ1v) is 7.42. The average molecular weight is 277 g/mol. The van der Waals surface area contributed by atoms with Crippen LogP contribution in [0, 0.1) is 6.92 Å². The van der Waals surface area contributed by atoms with Crippen LogP contribution in [0.3, 0.4) is 0 Å². The predicted octanol–water partition coefficient (Wildman–Crippen LogP) is 3.80. The lowest BCUT2D eigenvalue weighted by atomic mass is 10.0. The molecule has 112 valence electrons. The molecule has 20 heavy (non-hydrogen) atoms. The Morgan fingerprint density at radius 2 is 1.90 bits per heavy atom. The molecule has 1 N–H and O–H groups in total. The average Bonchev–Trinajstić information content (AvgIpc) is 2.38. The van der Waals surface area contributed by atoms with Gasteiger partial charge < -0.3 is 10.1 Å². The first-order chi connectivity index (χ1) is 9.35. The molecule has 3 nitrogen and oxygen atoms in total. The Hall–Kier alpha value is -1.51. The van der Waals surface area contributed by atoms with Gasteiger partial charge in [0.2, 0.25) is 0 Å². The van der Waals surface area contributed by atoms with Gasteiger partial charge in [-0.15, -0.1) is 0 Å². The van der Waals surface area contributed by atoms with E-state index in [0.717, 1.165) is 23.3 Å². The van der Waals surface area contributed by atoms with Crippen LogP contribution in [-0.4, -0.2) is 18.1 Å². The van der Waals surface area contributed by atoms with Gasteiger partial charge in [0.15, 0.2) is 6.10 Å². The summed E-state index contributed by atoms with van der Waals surface area (Å²) in [6, 6.07) is 6.33. The van der Waals surface area contributed by atoms with Crippen molar-refractivity contribution in [3.63, 3.8) is 0 Å². The standard InChI is InChI=1S/C17H27NO2/c1-7-13(5)18-17(19)14(6)20-16-10-12(4)8-9-15(16)11(2)3/h8-11,13-14H,7H2,1-6H3,(H,18,19)/t13-,14+/m1/s1. The molecule has 1 rings (SSSR count). The molecular weight excluding hydrogens is 250 g/mol. The quantitative estimate of drug-likeness (QED) is 0.859. The molecule has 3 heteroatoms. The molecule has 0 aliphatic heterocycles. The van der Waals surface area contributed by atoms with Crippen molar-refractivity contribution >= 4 is 5.91 Å². The summed E-state index contributed by atoms with van der Waals surface area (Å²) in [5.41, 5.74) is 2.28. The summed E-state index contributed by atoms with van der Waals surface area (Å²) in [5.74, 6) is 1.12. The topological polar surface area (TPSA) is 38.3 Å². The fourth-order valence-corrected chi connectivity index (χ4v) is 1.93. The Bertz CT molecular complexity index is 454. The van der Waals surface area contributed by atoms with Gasteiger partial charge in [-0.3, -0.25) is 4.79 Å². The number of hydrogen-bond donors (Lipinski definition) is 1. The molecule has 2 atom stereocenters. The van der Waals surface area contributed by atoms with Crippen LogP contribution < -0.4 is 10.1 Å². The van der Waals surface area contributed by atoms with Gasteiger partial charge in [-0.2, -0.15) is 0 Å². The number of nitrogens with one attached hydrogen (secondary N) is 1. The Morgan fingerprint density at radius 1 is 1.25 bits per heavy atom. The SMILES string of the molecule is CC[C@@H](C)NC(=O)[C@H](C)Oc1cc(C)ccc1C(C)C. The molecule has 0 fully saturated rings. The van der Waals surface area contributed by atoms with Crippen molar-refractivity contribution in [2.45, 2.75) is 66.0 Å². The van der Waals surface area contributed by atoms with Crippen LogP contribution in [0.2, 0.25) is 0 Å². The van der Waals surface area contributed by atoms with E-state index in [1.807, 2.05) is 26.8 Å². The predicted molar refractivity (Wildman–Crippen MR) is 83.3 cm³/mol. The monoisotopic (exact) mass is 277 g/mol. The number of benzene rings is 1. The minimum Gasteiger partial charge on any atom is -0.481 e. The highest BCUT2D eigenvalue weighted by Crippen LogP contribution is 2.28. The summed E-state index contributed by atoms with van der Waals surface area (Å²) in [5, 5.41) is 2.95. The molecule has 0 bridgehead atoms. The third kappa shape index (κ3) is 4.55. The minimum atomic E-state index is -0.483. The van der Waals surface area contributed by atoms with E-state index in [0.29, 0.717) is 5.92 Å². The third-order valence-electron chi connectivity index (χ3n) is 3.47. The summed E-state index contributed by atoms with van der Waals surface area (Å²) in [4.78, 5) is 12.0. The molecule has 0 aliphatic rings. The van der Waals surface area contributed by atoms with Crippen LogP contribution >= 0.6 is 0 Å². The van der Waals surface area contributed by atoms with Crippen molar-refractivity contribution < 1.29 is 9.53 Å². The van der Waals surface area contributed by atoms with Crippen LogP contribution in [0.15, 0.2) is 18.2 Å². The van der Waals surface area contributed by atoms with Gasteiger partial charge in [-0.1, -0.05) is 32.9 Å². The van der Waals surface area contributed by atoms with Crippen LogP contribution in [0.5, 0.6) is 5.75 Å². The number of carbonyl (C=O) groups excluding carboxylic acids is 1. The summed E-state index contributed by atoms with van der Waals surface area (Å²) in [7, 11) is 0. The van der Waals surface area contributed by atoms with Crippen molar-refractivity contribution in [1.29, 1.82) is 0 Å². The maximum atomic E-state index is 12.0. The highest BCUT2D eigenvalue weighted by Gasteiger charge is 2.18. The second-order valence-corrected chi connectivity index (χ2v) is 5.77. The number of hydrogen-bond acceptors (Lipinski definition) is 2. The summed E-state index contributed by atoms with van der Waals surface area (Å²) >= 11 is 0. The molecule has 1 amide bonds. The van der Waals surface area contributed by atoms with E-state index in [1.54, 1.807) is 6.92 Å². The Labute approximate surface area is 122 Å². The molecule has 1 aromatic rings. The number of ether oxygens (including phenoxy) is 1. The van der Waals surface area contributed by atoms with E-state index < -0.39 is 6.10 Å². The van der Waals surface area contributed by atoms with Gasteiger partial charge in [0.1, 0.15) is 5.75 Å². The molecule has 0 aromatic heterocycles. The highest BCUT2D eigenvalue weighted by atomic mass is 16.5. The van der Waals surface area contributed by atoms with Crippen molar-refractivity contribution in [1.82, 2.24) is 5.32 Å². The van der Waals surface area contributed by atoms with Crippen molar-refractivity contribution in [2.75, 3.05) is 0 Å². The van der Waals surface area contributed by atoms with Crippen LogP contribution in [0.1, 0.15) is 58.1 Å². The van der Waals surface area contributed by atoms with E-state index in [1.165, 1.54) is 0 Å². The molecule has 0 heterocycles. The lowest BCUT2D eigenvalue weighted by molar-refractivity contribution is -0.127. The molecule has 0 aliphatic carbocycles. The Kier molecular flexibility index (Phi) is 6.05. The number of amides is 1. The zero-order valence-corrected chi connectivity index (χ0v) is 13.5. The van der Waals surface area contributed by atoms with Crippen LogP contribution in [0.25, 0.3) is 0 Å². The molecule has 0 spiro atoms. The lowest BCUT2D eigenvalue weighted by Gasteiger charge is -2.21. The fraction of sp³-hybridized carbons (Fsp3) is 0.588. The molecule has 0 saturated carbocycles. The largest absolute Gasteiger partial charge is 0.481 e. The van der Waals surface area contributed by atoms with Gasteiger partial charge in [0.25, 0.3) is 5.91 Å². The van der Waals surface area contributed by atoms with Crippen molar-refractivity contribution in [3.05, 3.63) is 29.3 Å². The first kappa shape index (κ1) is 16.5. The van der Waals surface area contributed by atoms with Crippen molar-refractivity contribution in [3.8, 4) is 5.75 Å². The maximum absolute atomic E-state index is 12.0. The molecule has 1 aromatic carbocycles. The molecule has 0 radical (unpaired) electrons. The number of carbonyl (C=O) groups is 1. The van der Waals surface area contributed by atoms with E-state index in [-0.39, 0.29) is 11.9 Å². The van der Waals surface area contributed by atoms with Gasteiger partial charge >= 0.3 is 0 Å². The van der Waals surface area contributed by atoms with Gasteiger partial charge in [-0.25, -0.2) is 0 Å². The summed E-state index contributed by atoms with van der Waals surface area (Å²) in [6.07, 6.45) is 0.434. The summed E-state index contributed by atoms with van der Waals surface area (Å²) < 4.78 is 5.88. The number of rotatable bonds is 6. The second kappa shape index (κ2) is 7.32. The van der Waals surface area contributed by atoms with Gasteiger partial charge in [0.05, 0.1) is 0 Å². The van der Waals surface area contributed by atoms with E-state index in [9.17, 15) is 4.79 Å². The minimum absolute atomic E-state index is 0.0597. The first-order valence-electron chi connectivity index (χ1n) is 7.42. The number of aryl methyl sites for hydroxylation is 1. The normalized spacial score (nSPS) is 13.9. The molecule has 0 saturated heterocycles. The third-order valence-corrected chi connectivity index (χ3v) is 3.47.